The predicted molar refractivity (Wildman–Crippen MR) is 69.2 cm³/mol. The maximum Gasteiger partial charge on any atom is 0.174 e. The SMILES string of the molecule is COc1cc(CCC(C)N)cc(Br)c1OC. The first-order valence-corrected chi connectivity index (χ1v) is 6.03. The molecule has 0 bridgehead atoms. The first-order valence-electron chi connectivity index (χ1n) is 5.24. The zero-order valence-corrected chi connectivity index (χ0v) is 11.5. The van der Waals surface area contributed by atoms with Gasteiger partial charge in [0, 0.05) is 6.04 Å². The number of hydrogen-bond acceptors (Lipinski definition) is 3. The molecular weight excluding hydrogens is 270 g/mol. The van der Waals surface area contributed by atoms with Gasteiger partial charge >= 0.3 is 0 Å². The summed E-state index contributed by atoms with van der Waals surface area (Å²) in [5, 5.41) is 0. The average Bonchev–Trinajstić information content (AvgIpc) is 2.25. The standard InChI is InChI=1S/C12H18BrNO2/c1-8(14)4-5-9-6-10(13)12(16-3)11(7-9)15-2/h6-8H,4-5,14H2,1-3H3. The molecule has 0 heterocycles. The van der Waals surface area contributed by atoms with Crippen molar-refractivity contribution in [2.24, 2.45) is 5.73 Å². The largest absolute Gasteiger partial charge is 0.493 e. The first-order chi connectivity index (χ1) is 7.58. The summed E-state index contributed by atoms with van der Waals surface area (Å²) in [6.07, 6.45) is 1.90. The third kappa shape index (κ3) is 3.39. The molecule has 0 spiro atoms. The van der Waals surface area contributed by atoms with Crippen LogP contribution in [-0.4, -0.2) is 20.3 Å². The molecule has 0 aliphatic rings. The summed E-state index contributed by atoms with van der Waals surface area (Å²) in [4.78, 5) is 0. The normalized spacial score (nSPS) is 12.3. The Morgan fingerprint density at radius 3 is 2.50 bits per heavy atom. The Morgan fingerprint density at radius 2 is 2.00 bits per heavy atom. The van der Waals surface area contributed by atoms with Gasteiger partial charge in [0.25, 0.3) is 0 Å². The predicted octanol–water partition coefficient (Wildman–Crippen LogP) is 2.75. The zero-order chi connectivity index (χ0) is 12.1. The van der Waals surface area contributed by atoms with Gasteiger partial charge in [0.15, 0.2) is 11.5 Å². The molecule has 4 heteroatoms. The highest BCUT2D eigenvalue weighted by Gasteiger charge is 2.10. The van der Waals surface area contributed by atoms with Gasteiger partial charge < -0.3 is 15.2 Å². The number of halogens is 1. The number of rotatable bonds is 5. The van der Waals surface area contributed by atoms with Gasteiger partial charge in [-0.05, 0) is 53.4 Å². The summed E-state index contributed by atoms with van der Waals surface area (Å²) in [5.74, 6) is 1.48. The Hall–Kier alpha value is -0.740. The fourth-order valence-electron chi connectivity index (χ4n) is 1.51. The molecule has 90 valence electrons. The van der Waals surface area contributed by atoms with E-state index in [1.165, 1.54) is 5.56 Å². The van der Waals surface area contributed by atoms with Gasteiger partial charge in [-0.1, -0.05) is 0 Å². The van der Waals surface area contributed by atoms with Gasteiger partial charge in [-0.3, -0.25) is 0 Å². The van der Waals surface area contributed by atoms with E-state index in [4.69, 9.17) is 15.2 Å². The number of benzene rings is 1. The van der Waals surface area contributed by atoms with Crippen LogP contribution in [-0.2, 0) is 6.42 Å². The fraction of sp³-hybridized carbons (Fsp3) is 0.500. The molecule has 0 aromatic heterocycles. The second-order valence-electron chi connectivity index (χ2n) is 3.83. The smallest absolute Gasteiger partial charge is 0.174 e. The summed E-state index contributed by atoms with van der Waals surface area (Å²) in [5.41, 5.74) is 6.93. The third-order valence-corrected chi connectivity index (χ3v) is 2.97. The molecule has 0 saturated carbocycles. The Balaban J connectivity index is 2.92. The number of ether oxygens (including phenoxy) is 2. The highest BCUT2D eigenvalue weighted by molar-refractivity contribution is 9.10. The topological polar surface area (TPSA) is 44.5 Å². The quantitative estimate of drug-likeness (QED) is 0.906. The lowest BCUT2D eigenvalue weighted by molar-refractivity contribution is 0.352. The van der Waals surface area contributed by atoms with Crippen molar-refractivity contribution in [3.63, 3.8) is 0 Å². The lowest BCUT2D eigenvalue weighted by atomic mass is 10.1. The molecule has 1 aromatic rings. The molecule has 1 atom stereocenters. The monoisotopic (exact) mass is 287 g/mol. The van der Waals surface area contributed by atoms with E-state index in [9.17, 15) is 0 Å². The summed E-state index contributed by atoms with van der Waals surface area (Å²) >= 11 is 3.47. The molecule has 0 radical (unpaired) electrons. The maximum atomic E-state index is 5.74. The summed E-state index contributed by atoms with van der Waals surface area (Å²) in [6, 6.07) is 4.25. The molecule has 0 fully saturated rings. The van der Waals surface area contributed by atoms with Crippen LogP contribution in [0.3, 0.4) is 0 Å². The highest BCUT2D eigenvalue weighted by atomic mass is 79.9. The lowest BCUT2D eigenvalue weighted by Gasteiger charge is -2.12. The van der Waals surface area contributed by atoms with Gasteiger partial charge in [-0.25, -0.2) is 0 Å². The van der Waals surface area contributed by atoms with Gasteiger partial charge in [0.05, 0.1) is 18.7 Å². The van der Waals surface area contributed by atoms with Gasteiger partial charge in [-0.15, -0.1) is 0 Å². The summed E-state index contributed by atoms with van der Waals surface area (Å²) in [6.45, 7) is 2.01. The molecular formula is C12H18BrNO2. The van der Waals surface area contributed by atoms with E-state index in [-0.39, 0.29) is 6.04 Å². The van der Waals surface area contributed by atoms with Crippen LogP contribution in [0, 0.1) is 0 Å². The van der Waals surface area contributed by atoms with Gasteiger partial charge in [-0.2, -0.15) is 0 Å². The molecule has 0 saturated heterocycles. The fourth-order valence-corrected chi connectivity index (χ4v) is 2.16. The Bertz CT molecular complexity index is 353. The summed E-state index contributed by atoms with van der Waals surface area (Å²) < 4.78 is 11.4. The van der Waals surface area contributed by atoms with Crippen LogP contribution in [0.25, 0.3) is 0 Å². The van der Waals surface area contributed by atoms with E-state index in [1.54, 1.807) is 14.2 Å². The number of hydrogen-bond donors (Lipinski definition) is 1. The van der Waals surface area contributed by atoms with Crippen LogP contribution < -0.4 is 15.2 Å². The van der Waals surface area contributed by atoms with Crippen LogP contribution in [0.15, 0.2) is 16.6 Å². The van der Waals surface area contributed by atoms with Crippen molar-refractivity contribution in [1.29, 1.82) is 0 Å². The van der Waals surface area contributed by atoms with Crippen molar-refractivity contribution in [2.45, 2.75) is 25.8 Å². The molecule has 1 aromatic carbocycles. The summed E-state index contributed by atoms with van der Waals surface area (Å²) in [7, 11) is 3.27. The van der Waals surface area contributed by atoms with Gasteiger partial charge in [0.2, 0.25) is 0 Å². The zero-order valence-electron chi connectivity index (χ0n) is 9.92. The van der Waals surface area contributed by atoms with E-state index in [0.29, 0.717) is 0 Å². The second kappa shape index (κ2) is 6.11. The minimum atomic E-state index is 0.215. The number of nitrogens with two attached hydrogens (primary N) is 1. The molecule has 3 nitrogen and oxygen atoms in total. The average molecular weight is 288 g/mol. The molecule has 16 heavy (non-hydrogen) atoms. The van der Waals surface area contributed by atoms with E-state index in [1.807, 2.05) is 19.1 Å². The van der Waals surface area contributed by atoms with Crippen LogP contribution >= 0.6 is 15.9 Å². The van der Waals surface area contributed by atoms with Crippen molar-refractivity contribution in [2.75, 3.05) is 14.2 Å². The molecule has 1 unspecified atom stereocenters. The van der Waals surface area contributed by atoms with Crippen molar-refractivity contribution < 1.29 is 9.47 Å². The van der Waals surface area contributed by atoms with Crippen molar-refractivity contribution in [3.8, 4) is 11.5 Å². The highest BCUT2D eigenvalue weighted by Crippen LogP contribution is 2.36. The molecule has 1 rings (SSSR count). The van der Waals surface area contributed by atoms with Crippen molar-refractivity contribution in [3.05, 3.63) is 22.2 Å². The van der Waals surface area contributed by atoms with E-state index >= 15 is 0 Å². The van der Waals surface area contributed by atoms with Crippen molar-refractivity contribution >= 4 is 15.9 Å². The van der Waals surface area contributed by atoms with Crippen LogP contribution in [0.5, 0.6) is 11.5 Å². The minimum absolute atomic E-state index is 0.215. The van der Waals surface area contributed by atoms with E-state index in [0.717, 1.165) is 28.8 Å². The number of aryl methyl sites for hydroxylation is 1. The Kier molecular flexibility index (Phi) is 5.09. The molecule has 0 aliphatic heterocycles. The number of methoxy groups -OCH3 is 2. The molecule has 0 amide bonds. The van der Waals surface area contributed by atoms with Crippen LogP contribution in [0.2, 0.25) is 0 Å². The van der Waals surface area contributed by atoms with Crippen LogP contribution in [0.1, 0.15) is 18.9 Å². The van der Waals surface area contributed by atoms with Crippen molar-refractivity contribution in [1.82, 2.24) is 0 Å². The molecule has 2 N–H and O–H groups in total. The lowest BCUT2D eigenvalue weighted by Crippen LogP contribution is -2.15. The minimum Gasteiger partial charge on any atom is -0.493 e. The van der Waals surface area contributed by atoms with Crippen LogP contribution in [0.4, 0.5) is 0 Å². The first kappa shape index (κ1) is 13.3. The molecule has 0 aliphatic carbocycles. The maximum absolute atomic E-state index is 5.74. The Labute approximate surface area is 105 Å². The second-order valence-corrected chi connectivity index (χ2v) is 4.68. The Morgan fingerprint density at radius 1 is 1.31 bits per heavy atom. The van der Waals surface area contributed by atoms with Gasteiger partial charge in [0.1, 0.15) is 0 Å². The third-order valence-electron chi connectivity index (χ3n) is 2.38. The van der Waals surface area contributed by atoms with E-state index in [2.05, 4.69) is 15.9 Å². The van der Waals surface area contributed by atoms with E-state index < -0.39 is 0 Å².